The highest BCUT2D eigenvalue weighted by atomic mass is 16.5. The summed E-state index contributed by atoms with van der Waals surface area (Å²) in [5, 5.41) is 0. The molecular formula is C14H16O5. The first kappa shape index (κ1) is 12.4. The maximum absolute atomic E-state index is 11.9. The third-order valence-electron chi connectivity index (χ3n) is 4.88. The Hall–Kier alpha value is -1.65. The van der Waals surface area contributed by atoms with Gasteiger partial charge in [-0.05, 0) is 37.0 Å². The van der Waals surface area contributed by atoms with Crippen molar-refractivity contribution in [3.63, 3.8) is 0 Å². The molecule has 0 N–H and O–H groups in total. The van der Waals surface area contributed by atoms with Gasteiger partial charge < -0.3 is 9.47 Å². The number of hydrogen-bond donors (Lipinski definition) is 0. The summed E-state index contributed by atoms with van der Waals surface area (Å²) in [5.41, 5.74) is 0.897. The molecule has 19 heavy (non-hydrogen) atoms. The maximum atomic E-state index is 11.9. The highest BCUT2D eigenvalue weighted by Gasteiger charge is 2.70. The van der Waals surface area contributed by atoms with Crippen LogP contribution in [0.15, 0.2) is 11.1 Å². The van der Waals surface area contributed by atoms with Crippen molar-refractivity contribution in [2.45, 2.75) is 13.3 Å². The largest absolute Gasteiger partial charge is 0.466 e. The summed E-state index contributed by atoms with van der Waals surface area (Å²) in [6.07, 6.45) is 0.772. The average molecular weight is 264 g/mol. The molecule has 2 fully saturated rings. The van der Waals surface area contributed by atoms with Gasteiger partial charge in [0.2, 0.25) is 0 Å². The van der Waals surface area contributed by atoms with E-state index >= 15 is 0 Å². The van der Waals surface area contributed by atoms with Crippen molar-refractivity contribution in [3.05, 3.63) is 11.1 Å². The minimum Gasteiger partial charge on any atom is -0.466 e. The summed E-state index contributed by atoms with van der Waals surface area (Å²) in [6.45, 7) is 1.58. The number of ether oxygens (including phenoxy) is 2. The fourth-order valence-corrected chi connectivity index (χ4v) is 4.29. The molecule has 0 amide bonds. The molecule has 5 nitrogen and oxygen atoms in total. The van der Waals surface area contributed by atoms with Gasteiger partial charge >= 0.3 is 11.9 Å². The molecule has 0 aromatic rings. The van der Waals surface area contributed by atoms with E-state index in [1.807, 2.05) is 0 Å². The van der Waals surface area contributed by atoms with Crippen molar-refractivity contribution in [2.24, 2.45) is 29.6 Å². The summed E-state index contributed by atoms with van der Waals surface area (Å²) in [7, 11) is 2.62. The quantitative estimate of drug-likeness (QED) is 0.703. The predicted octanol–water partition coefficient (Wildman–Crippen LogP) is 0.730. The first-order chi connectivity index (χ1) is 9.02. The van der Waals surface area contributed by atoms with Crippen LogP contribution in [-0.4, -0.2) is 31.9 Å². The van der Waals surface area contributed by atoms with Crippen LogP contribution in [0.25, 0.3) is 0 Å². The Morgan fingerprint density at radius 1 is 0.947 bits per heavy atom. The van der Waals surface area contributed by atoms with Crippen LogP contribution >= 0.6 is 0 Å². The van der Waals surface area contributed by atoms with E-state index in [9.17, 15) is 14.4 Å². The number of carbonyl (C=O) groups excluding carboxylic acids is 3. The zero-order valence-electron chi connectivity index (χ0n) is 11.1. The normalized spacial score (nSPS) is 37.9. The van der Waals surface area contributed by atoms with E-state index in [1.165, 1.54) is 14.2 Å². The summed E-state index contributed by atoms with van der Waals surface area (Å²) < 4.78 is 9.57. The van der Waals surface area contributed by atoms with Crippen LogP contribution in [0.5, 0.6) is 0 Å². The summed E-state index contributed by atoms with van der Waals surface area (Å²) in [4.78, 5) is 35.4. The number of ketones is 1. The molecule has 0 saturated heterocycles. The third-order valence-corrected chi connectivity index (χ3v) is 4.88. The average Bonchev–Trinajstić information content (AvgIpc) is 2.92. The van der Waals surface area contributed by atoms with Gasteiger partial charge in [0, 0.05) is 5.92 Å². The van der Waals surface area contributed by atoms with Crippen molar-refractivity contribution < 1.29 is 23.9 Å². The molecule has 3 unspecified atom stereocenters. The van der Waals surface area contributed by atoms with Gasteiger partial charge in [0.15, 0.2) is 0 Å². The van der Waals surface area contributed by atoms with Crippen LogP contribution in [0, 0.1) is 29.6 Å². The summed E-state index contributed by atoms with van der Waals surface area (Å²) in [5.74, 6) is -0.322. The van der Waals surface area contributed by atoms with E-state index in [4.69, 9.17) is 9.47 Å². The van der Waals surface area contributed by atoms with E-state index < -0.39 is 11.9 Å². The number of esters is 2. The number of fused-ring (bicyclic) bond motifs is 5. The highest BCUT2D eigenvalue weighted by molar-refractivity contribution is 6.03. The van der Waals surface area contributed by atoms with Crippen molar-refractivity contribution in [2.75, 3.05) is 14.2 Å². The molecule has 5 heteroatoms. The fraction of sp³-hybridized carbons (Fsp3) is 0.643. The number of rotatable bonds is 3. The van der Waals surface area contributed by atoms with Gasteiger partial charge in [-0.1, -0.05) is 0 Å². The summed E-state index contributed by atoms with van der Waals surface area (Å²) >= 11 is 0. The standard InChI is InChI=1S/C14H16O5/c1-5(15)8-9-6-4-7(10(8)9)12(14(17)19-3)11(6)13(16)18-2/h6-10H,4H2,1-3H3/t6-,7+,8?,9?,10?. The van der Waals surface area contributed by atoms with E-state index in [-0.39, 0.29) is 35.4 Å². The van der Waals surface area contributed by atoms with Crippen LogP contribution in [0.4, 0.5) is 0 Å². The van der Waals surface area contributed by atoms with Gasteiger partial charge in [-0.15, -0.1) is 0 Å². The zero-order valence-corrected chi connectivity index (χ0v) is 11.1. The molecule has 3 aliphatic carbocycles. The first-order valence-corrected chi connectivity index (χ1v) is 6.44. The first-order valence-electron chi connectivity index (χ1n) is 6.44. The second kappa shape index (κ2) is 3.92. The molecule has 2 bridgehead atoms. The molecule has 3 rings (SSSR count). The van der Waals surface area contributed by atoms with Gasteiger partial charge in [-0.2, -0.15) is 0 Å². The van der Waals surface area contributed by atoms with Crippen molar-refractivity contribution in [1.29, 1.82) is 0 Å². The lowest BCUT2D eigenvalue weighted by molar-refractivity contribution is -0.140. The van der Waals surface area contributed by atoms with Crippen LogP contribution in [0.3, 0.4) is 0 Å². The Labute approximate surface area is 110 Å². The maximum Gasteiger partial charge on any atom is 0.334 e. The Kier molecular flexibility index (Phi) is 2.56. The van der Waals surface area contributed by atoms with E-state index in [0.29, 0.717) is 11.1 Å². The van der Waals surface area contributed by atoms with Crippen LogP contribution in [0.2, 0.25) is 0 Å². The van der Waals surface area contributed by atoms with E-state index in [0.717, 1.165) is 6.42 Å². The summed E-state index contributed by atoms with van der Waals surface area (Å²) in [6, 6.07) is 0. The van der Waals surface area contributed by atoms with E-state index in [2.05, 4.69) is 0 Å². The van der Waals surface area contributed by atoms with Gasteiger partial charge in [0.25, 0.3) is 0 Å². The fourth-order valence-electron chi connectivity index (χ4n) is 4.29. The molecule has 5 atom stereocenters. The van der Waals surface area contributed by atoms with Gasteiger partial charge in [0.1, 0.15) is 5.78 Å². The molecule has 102 valence electrons. The molecule has 0 heterocycles. The zero-order chi connectivity index (χ0) is 13.9. The number of hydrogen-bond acceptors (Lipinski definition) is 5. The predicted molar refractivity (Wildman–Crippen MR) is 63.8 cm³/mol. The van der Waals surface area contributed by atoms with Crippen LogP contribution in [0.1, 0.15) is 13.3 Å². The Balaban J connectivity index is 1.99. The van der Waals surface area contributed by atoms with Crippen LogP contribution in [-0.2, 0) is 23.9 Å². The Morgan fingerprint density at radius 3 is 1.68 bits per heavy atom. The highest BCUT2D eigenvalue weighted by Crippen LogP contribution is 2.71. The minimum absolute atomic E-state index is 0.00515. The number of Topliss-reactive ketones (excluding diaryl/α,β-unsaturated/α-hetero) is 1. The van der Waals surface area contributed by atoms with Crippen LogP contribution < -0.4 is 0 Å². The molecular weight excluding hydrogens is 248 g/mol. The van der Waals surface area contributed by atoms with Gasteiger partial charge in [0.05, 0.1) is 25.4 Å². The molecule has 0 aromatic carbocycles. The van der Waals surface area contributed by atoms with E-state index in [1.54, 1.807) is 6.92 Å². The van der Waals surface area contributed by atoms with Gasteiger partial charge in [-0.3, -0.25) is 4.79 Å². The minimum atomic E-state index is -0.458. The lowest BCUT2D eigenvalue weighted by Gasteiger charge is -2.15. The molecule has 2 saturated carbocycles. The molecule has 3 aliphatic rings. The molecule has 0 aliphatic heterocycles. The second-order valence-corrected chi connectivity index (χ2v) is 5.55. The number of methoxy groups -OCH3 is 2. The number of carbonyl (C=O) groups is 3. The SMILES string of the molecule is COC(=O)C1=C(C(=O)OC)[C@@H]2C[C@H]1C1C(C(C)=O)C12. The van der Waals surface area contributed by atoms with Crippen molar-refractivity contribution in [3.8, 4) is 0 Å². The second-order valence-electron chi connectivity index (χ2n) is 5.55. The lowest BCUT2D eigenvalue weighted by Crippen LogP contribution is -2.21. The molecule has 0 aromatic heterocycles. The lowest BCUT2D eigenvalue weighted by atomic mass is 9.92. The monoisotopic (exact) mass is 264 g/mol. The topological polar surface area (TPSA) is 69.7 Å². The Bertz CT molecular complexity index is 480. The molecule has 0 spiro atoms. The molecule has 0 radical (unpaired) electrons. The smallest absolute Gasteiger partial charge is 0.334 e. The van der Waals surface area contributed by atoms with Crippen molar-refractivity contribution in [1.82, 2.24) is 0 Å². The van der Waals surface area contributed by atoms with Crippen molar-refractivity contribution >= 4 is 17.7 Å². The Morgan fingerprint density at radius 2 is 1.37 bits per heavy atom. The van der Waals surface area contributed by atoms with Gasteiger partial charge in [-0.25, -0.2) is 9.59 Å². The third kappa shape index (κ3) is 1.44.